The number of aliphatic carboxylic acids is 1. The first-order valence-electron chi connectivity index (χ1n) is 7.26. The lowest BCUT2D eigenvalue weighted by atomic mass is 10.1. The normalized spacial score (nSPS) is 10.8. The number of hydrazine groups is 1. The van der Waals surface area contributed by atoms with Gasteiger partial charge in [0.2, 0.25) is 5.91 Å². The van der Waals surface area contributed by atoms with Crippen LogP contribution < -0.4 is 15.6 Å². The zero-order valence-electron chi connectivity index (χ0n) is 13.2. The second-order valence-corrected chi connectivity index (χ2v) is 4.96. The van der Waals surface area contributed by atoms with Crippen LogP contribution in [-0.2, 0) is 9.59 Å². The van der Waals surface area contributed by atoms with E-state index in [1.54, 1.807) is 43.5 Å². The molecule has 0 aliphatic heterocycles. The Morgan fingerprint density at radius 3 is 2.33 bits per heavy atom. The summed E-state index contributed by atoms with van der Waals surface area (Å²) in [6, 6.07) is 16.0. The summed E-state index contributed by atoms with van der Waals surface area (Å²) < 4.78 is 5.05. The highest BCUT2D eigenvalue weighted by atomic mass is 16.5. The first-order valence-corrected chi connectivity index (χ1v) is 7.26. The zero-order valence-corrected chi connectivity index (χ0v) is 13.2. The van der Waals surface area contributed by atoms with Gasteiger partial charge in [-0.15, -0.1) is 0 Å². The van der Waals surface area contributed by atoms with Gasteiger partial charge < -0.3 is 9.84 Å². The van der Waals surface area contributed by atoms with Crippen molar-refractivity contribution in [3.8, 4) is 5.75 Å². The number of hydrogen-bond acceptors (Lipinski definition) is 4. The quantitative estimate of drug-likeness (QED) is 0.538. The van der Waals surface area contributed by atoms with E-state index in [4.69, 9.17) is 4.74 Å². The van der Waals surface area contributed by atoms with Crippen LogP contribution in [0.1, 0.15) is 12.0 Å². The van der Waals surface area contributed by atoms with Crippen molar-refractivity contribution < 1.29 is 19.4 Å². The highest BCUT2D eigenvalue weighted by Gasteiger charge is 2.13. The highest BCUT2D eigenvalue weighted by Crippen LogP contribution is 2.15. The number of amides is 1. The van der Waals surface area contributed by atoms with Crippen molar-refractivity contribution in [2.75, 3.05) is 12.5 Å². The third-order valence-corrected chi connectivity index (χ3v) is 3.20. The topological polar surface area (TPSA) is 87.7 Å². The number of carboxylic acid groups (broad SMARTS) is 1. The minimum Gasteiger partial charge on any atom is -0.497 e. The summed E-state index contributed by atoms with van der Waals surface area (Å²) in [6.45, 7) is 0. The van der Waals surface area contributed by atoms with Crippen LogP contribution in [0, 0.1) is 0 Å². The predicted molar refractivity (Wildman–Crippen MR) is 91.4 cm³/mol. The predicted octanol–water partition coefficient (Wildman–Crippen LogP) is 2.70. The fraction of sp³-hybridized carbons (Fsp3) is 0.111. The Morgan fingerprint density at radius 1 is 1.08 bits per heavy atom. The summed E-state index contributed by atoms with van der Waals surface area (Å²) in [4.78, 5) is 23.3. The zero-order chi connectivity index (χ0) is 17.4. The minimum absolute atomic E-state index is 0.00692. The molecular formula is C18H18N2O4. The summed E-state index contributed by atoms with van der Waals surface area (Å²) in [5, 5.41) is 9.28. The van der Waals surface area contributed by atoms with Crippen molar-refractivity contribution in [2.45, 2.75) is 6.42 Å². The van der Waals surface area contributed by atoms with Crippen LogP contribution >= 0.6 is 0 Å². The average Bonchev–Trinajstić information content (AvgIpc) is 2.61. The molecule has 3 N–H and O–H groups in total. The molecule has 0 fully saturated rings. The van der Waals surface area contributed by atoms with Gasteiger partial charge >= 0.3 is 5.97 Å². The summed E-state index contributed by atoms with van der Waals surface area (Å²) in [5.41, 5.74) is 6.59. The molecule has 124 valence electrons. The van der Waals surface area contributed by atoms with Gasteiger partial charge in [0, 0.05) is 5.57 Å². The van der Waals surface area contributed by atoms with Crippen molar-refractivity contribution in [1.29, 1.82) is 0 Å². The van der Waals surface area contributed by atoms with Crippen molar-refractivity contribution in [3.63, 3.8) is 0 Å². The molecule has 0 heterocycles. The lowest BCUT2D eigenvalue weighted by molar-refractivity contribution is -0.134. The van der Waals surface area contributed by atoms with E-state index < -0.39 is 11.9 Å². The lowest BCUT2D eigenvalue weighted by Gasteiger charge is -2.09. The maximum Gasteiger partial charge on any atom is 0.332 e. The molecule has 0 aliphatic carbocycles. The number of carboxylic acids is 1. The molecule has 6 nitrogen and oxygen atoms in total. The number of nitrogens with one attached hydrogen (secondary N) is 2. The van der Waals surface area contributed by atoms with Crippen molar-refractivity contribution >= 4 is 23.6 Å². The second-order valence-electron chi connectivity index (χ2n) is 4.96. The number of para-hydroxylation sites is 1. The Balaban J connectivity index is 2.00. The van der Waals surface area contributed by atoms with Crippen LogP contribution in [0.15, 0.2) is 60.2 Å². The standard InChI is InChI=1S/C18H18N2O4/c1-24-16-9-7-13(8-10-16)11-14(18(22)23)12-17(21)20-19-15-5-3-2-4-6-15/h2-11,19H,12H2,1H3,(H,20,21)(H,22,23)/b14-11-. The first-order chi connectivity index (χ1) is 11.6. The van der Waals surface area contributed by atoms with E-state index in [0.29, 0.717) is 17.0 Å². The van der Waals surface area contributed by atoms with Crippen molar-refractivity contribution in [3.05, 3.63) is 65.7 Å². The van der Waals surface area contributed by atoms with Crippen LogP contribution in [-0.4, -0.2) is 24.1 Å². The molecule has 2 aromatic rings. The van der Waals surface area contributed by atoms with Crippen LogP contribution in [0.25, 0.3) is 6.08 Å². The molecule has 0 atom stereocenters. The molecule has 0 aromatic heterocycles. The molecule has 0 saturated carbocycles. The summed E-state index contributed by atoms with van der Waals surface area (Å²) in [7, 11) is 1.55. The van der Waals surface area contributed by atoms with E-state index in [1.807, 2.05) is 18.2 Å². The third kappa shape index (κ3) is 5.17. The SMILES string of the molecule is COc1ccc(/C=C(/CC(=O)NNc2ccccc2)C(=O)O)cc1. The fourth-order valence-corrected chi connectivity index (χ4v) is 1.97. The minimum atomic E-state index is -1.14. The number of methoxy groups -OCH3 is 1. The molecule has 0 unspecified atom stereocenters. The fourth-order valence-electron chi connectivity index (χ4n) is 1.97. The van der Waals surface area contributed by atoms with Gasteiger partial charge in [0.05, 0.1) is 19.2 Å². The molecule has 2 rings (SSSR count). The molecule has 0 bridgehead atoms. The number of carbonyl (C=O) groups is 2. The van der Waals surface area contributed by atoms with E-state index in [-0.39, 0.29) is 12.0 Å². The molecule has 0 saturated heterocycles. The van der Waals surface area contributed by atoms with Gasteiger partial charge in [-0.2, -0.15) is 0 Å². The monoisotopic (exact) mass is 326 g/mol. The molecule has 1 amide bonds. The Bertz CT molecular complexity index is 724. The van der Waals surface area contributed by atoms with Gasteiger partial charge in [-0.3, -0.25) is 15.6 Å². The van der Waals surface area contributed by atoms with Crippen LogP contribution in [0.5, 0.6) is 5.75 Å². The summed E-state index contributed by atoms with van der Waals surface area (Å²) in [6.07, 6.45) is 1.21. The van der Waals surface area contributed by atoms with Crippen LogP contribution in [0.2, 0.25) is 0 Å². The maximum absolute atomic E-state index is 11.9. The summed E-state index contributed by atoms with van der Waals surface area (Å²) in [5.74, 6) is -0.907. The third-order valence-electron chi connectivity index (χ3n) is 3.20. The number of ether oxygens (including phenoxy) is 1. The molecule has 0 radical (unpaired) electrons. The van der Waals surface area contributed by atoms with Crippen molar-refractivity contribution in [1.82, 2.24) is 5.43 Å². The number of anilines is 1. The first kappa shape index (κ1) is 17.1. The Hall–Kier alpha value is -3.28. The maximum atomic E-state index is 11.9. The number of carbonyl (C=O) groups excluding carboxylic acids is 1. The van der Waals surface area contributed by atoms with E-state index >= 15 is 0 Å². The van der Waals surface area contributed by atoms with Gasteiger partial charge in [-0.05, 0) is 35.9 Å². The molecule has 0 aliphatic rings. The molecule has 24 heavy (non-hydrogen) atoms. The van der Waals surface area contributed by atoms with E-state index in [1.165, 1.54) is 6.08 Å². The Kier molecular flexibility index (Phi) is 5.96. The number of benzene rings is 2. The smallest absolute Gasteiger partial charge is 0.332 e. The van der Waals surface area contributed by atoms with Gasteiger partial charge in [-0.25, -0.2) is 4.79 Å². The molecular weight excluding hydrogens is 308 g/mol. The Morgan fingerprint density at radius 2 is 1.75 bits per heavy atom. The van der Waals surface area contributed by atoms with E-state index in [2.05, 4.69) is 10.9 Å². The van der Waals surface area contributed by atoms with Gasteiger partial charge in [0.1, 0.15) is 5.75 Å². The number of hydrogen-bond donors (Lipinski definition) is 3. The Labute approximate surface area is 139 Å². The molecule has 0 spiro atoms. The van der Waals surface area contributed by atoms with Crippen LogP contribution in [0.3, 0.4) is 0 Å². The number of rotatable bonds is 7. The van der Waals surface area contributed by atoms with Gasteiger partial charge in [0.25, 0.3) is 0 Å². The van der Waals surface area contributed by atoms with E-state index in [0.717, 1.165) is 0 Å². The average molecular weight is 326 g/mol. The summed E-state index contributed by atoms with van der Waals surface area (Å²) >= 11 is 0. The molecule has 2 aromatic carbocycles. The van der Waals surface area contributed by atoms with Crippen LogP contribution in [0.4, 0.5) is 5.69 Å². The van der Waals surface area contributed by atoms with E-state index in [9.17, 15) is 14.7 Å². The highest BCUT2D eigenvalue weighted by molar-refractivity contribution is 5.98. The molecule has 6 heteroatoms. The largest absolute Gasteiger partial charge is 0.497 e. The second kappa shape index (κ2) is 8.38. The lowest BCUT2D eigenvalue weighted by Crippen LogP contribution is -2.30. The van der Waals surface area contributed by atoms with Crippen molar-refractivity contribution in [2.24, 2.45) is 0 Å². The van der Waals surface area contributed by atoms with Gasteiger partial charge in [-0.1, -0.05) is 30.3 Å². The van der Waals surface area contributed by atoms with Gasteiger partial charge in [0.15, 0.2) is 0 Å².